The fourth-order valence-corrected chi connectivity index (χ4v) is 4.58. The number of nitrogens with zero attached hydrogens (tertiary/aromatic N) is 4. The maximum atomic E-state index is 13.1. The van der Waals surface area contributed by atoms with Gasteiger partial charge < -0.3 is 4.90 Å². The quantitative estimate of drug-likeness (QED) is 0.861. The Bertz CT molecular complexity index is 868. The predicted octanol–water partition coefficient (Wildman–Crippen LogP) is 2.22. The van der Waals surface area contributed by atoms with Crippen LogP contribution in [-0.2, 0) is 23.8 Å². The molecule has 2 atom stereocenters. The Morgan fingerprint density at radius 2 is 2.12 bits per heavy atom. The summed E-state index contributed by atoms with van der Waals surface area (Å²) in [6.45, 7) is 2.62. The van der Waals surface area contributed by atoms with Crippen molar-refractivity contribution >= 4 is 11.6 Å². The summed E-state index contributed by atoms with van der Waals surface area (Å²) >= 11 is 0. The van der Waals surface area contributed by atoms with E-state index >= 15 is 0 Å². The van der Waals surface area contributed by atoms with Gasteiger partial charge in [-0.2, -0.15) is 5.10 Å². The van der Waals surface area contributed by atoms with Crippen LogP contribution in [0.5, 0.6) is 0 Å². The van der Waals surface area contributed by atoms with Crippen molar-refractivity contribution in [1.29, 1.82) is 0 Å². The minimum Gasteiger partial charge on any atom is -0.308 e. The molecular formula is C19H24N4O2. The molecule has 0 unspecified atom stereocenters. The van der Waals surface area contributed by atoms with Gasteiger partial charge in [-0.1, -0.05) is 38.0 Å². The lowest BCUT2D eigenvalue weighted by molar-refractivity contribution is -0.119. The summed E-state index contributed by atoms with van der Waals surface area (Å²) in [6.07, 6.45) is 6.32. The predicted molar refractivity (Wildman–Crippen MR) is 95.6 cm³/mol. The van der Waals surface area contributed by atoms with Crippen LogP contribution in [0.15, 0.2) is 35.4 Å². The first kappa shape index (κ1) is 16.1. The first-order chi connectivity index (χ1) is 12.0. The van der Waals surface area contributed by atoms with E-state index in [9.17, 15) is 9.59 Å². The van der Waals surface area contributed by atoms with Crippen molar-refractivity contribution in [3.05, 3.63) is 46.6 Å². The Labute approximate surface area is 147 Å². The minimum absolute atomic E-state index is 0.0480. The number of carbonyl (C=O) groups is 1. The van der Waals surface area contributed by atoms with E-state index < -0.39 is 0 Å². The number of rotatable bonds is 3. The second kappa shape index (κ2) is 5.86. The zero-order chi connectivity index (χ0) is 17.6. The molecule has 0 N–H and O–H groups in total. The van der Waals surface area contributed by atoms with Crippen LogP contribution in [0.25, 0.3) is 0 Å². The first-order valence-corrected chi connectivity index (χ1v) is 9.02. The molecule has 1 aliphatic heterocycles. The highest BCUT2D eigenvalue weighted by Gasteiger charge is 2.50. The van der Waals surface area contributed by atoms with Gasteiger partial charge in [-0.3, -0.25) is 9.36 Å². The minimum atomic E-state index is -0.183. The molecule has 1 aliphatic carbocycles. The SMILES string of the molecule is Cn1cnn(CCC(=O)N2c3ccccc3[C@]3(C)CCCC[C@H]23)c1=O. The number of hydrogen-bond acceptors (Lipinski definition) is 3. The molecule has 1 aromatic heterocycles. The number of aryl methyl sites for hydroxylation is 2. The molecule has 1 aromatic carbocycles. The Morgan fingerprint density at radius 3 is 2.88 bits per heavy atom. The summed E-state index contributed by atoms with van der Waals surface area (Å²) in [6, 6.07) is 8.53. The van der Waals surface area contributed by atoms with Gasteiger partial charge >= 0.3 is 5.69 Å². The van der Waals surface area contributed by atoms with Crippen LogP contribution in [0.1, 0.15) is 44.6 Å². The highest BCUT2D eigenvalue weighted by Crippen LogP contribution is 2.52. The number of benzene rings is 1. The smallest absolute Gasteiger partial charge is 0.308 e. The average molecular weight is 340 g/mol. The third-order valence-electron chi connectivity index (χ3n) is 5.94. The van der Waals surface area contributed by atoms with Crippen LogP contribution in [0.3, 0.4) is 0 Å². The second-order valence-corrected chi connectivity index (χ2v) is 7.46. The molecule has 1 amide bonds. The van der Waals surface area contributed by atoms with Gasteiger partial charge in [0.2, 0.25) is 5.91 Å². The Hall–Kier alpha value is -2.37. The molecule has 2 aromatic rings. The van der Waals surface area contributed by atoms with Crippen molar-refractivity contribution in [2.24, 2.45) is 7.05 Å². The van der Waals surface area contributed by atoms with E-state index in [1.807, 2.05) is 11.0 Å². The third kappa shape index (κ3) is 2.42. The van der Waals surface area contributed by atoms with E-state index in [1.54, 1.807) is 7.05 Å². The monoisotopic (exact) mass is 340 g/mol. The Balaban J connectivity index is 1.61. The highest BCUT2D eigenvalue weighted by atomic mass is 16.2. The second-order valence-electron chi connectivity index (χ2n) is 7.46. The lowest BCUT2D eigenvalue weighted by Gasteiger charge is -2.39. The topological polar surface area (TPSA) is 60.1 Å². The molecular weight excluding hydrogens is 316 g/mol. The molecule has 6 heteroatoms. The molecule has 0 radical (unpaired) electrons. The van der Waals surface area contributed by atoms with E-state index in [4.69, 9.17) is 0 Å². The van der Waals surface area contributed by atoms with Gasteiger partial charge in [0.1, 0.15) is 6.33 Å². The van der Waals surface area contributed by atoms with Crippen LogP contribution in [0, 0.1) is 0 Å². The number of aromatic nitrogens is 3. The van der Waals surface area contributed by atoms with Crippen molar-refractivity contribution < 1.29 is 4.79 Å². The number of anilines is 1. The van der Waals surface area contributed by atoms with Gasteiger partial charge in [0.25, 0.3) is 0 Å². The highest BCUT2D eigenvalue weighted by molar-refractivity contribution is 5.97. The van der Waals surface area contributed by atoms with Gasteiger partial charge in [-0.25, -0.2) is 9.48 Å². The molecule has 0 bridgehead atoms. The van der Waals surface area contributed by atoms with E-state index in [0.29, 0.717) is 6.54 Å². The third-order valence-corrected chi connectivity index (χ3v) is 5.94. The summed E-state index contributed by atoms with van der Waals surface area (Å²) in [7, 11) is 1.66. The molecule has 1 saturated carbocycles. The summed E-state index contributed by atoms with van der Waals surface area (Å²) in [5, 5.41) is 4.05. The molecule has 0 saturated heterocycles. The normalized spacial score (nSPS) is 24.9. The van der Waals surface area contributed by atoms with Crippen LogP contribution in [0.4, 0.5) is 5.69 Å². The molecule has 1 fully saturated rings. The van der Waals surface area contributed by atoms with Crippen molar-refractivity contribution in [2.45, 2.75) is 57.0 Å². The first-order valence-electron chi connectivity index (χ1n) is 9.02. The van der Waals surface area contributed by atoms with Crippen molar-refractivity contribution in [3.63, 3.8) is 0 Å². The molecule has 6 nitrogen and oxygen atoms in total. The number of carbonyl (C=O) groups excluding carboxylic acids is 1. The summed E-state index contributed by atoms with van der Waals surface area (Å²) in [5.41, 5.74) is 2.21. The van der Waals surface area contributed by atoms with Crippen LogP contribution < -0.4 is 10.6 Å². The number of amides is 1. The number of fused-ring (bicyclic) bond motifs is 3. The van der Waals surface area contributed by atoms with Crippen molar-refractivity contribution in [1.82, 2.24) is 14.3 Å². The zero-order valence-corrected chi connectivity index (χ0v) is 14.8. The van der Waals surface area contributed by atoms with Crippen molar-refractivity contribution in [2.75, 3.05) is 4.90 Å². The lowest BCUT2D eigenvalue weighted by Crippen LogP contribution is -2.48. The maximum absolute atomic E-state index is 13.1. The number of para-hydroxylation sites is 1. The average Bonchev–Trinajstić information content (AvgIpc) is 3.08. The lowest BCUT2D eigenvalue weighted by atomic mass is 9.69. The van der Waals surface area contributed by atoms with Crippen LogP contribution in [0.2, 0.25) is 0 Å². The van der Waals surface area contributed by atoms with E-state index in [1.165, 1.54) is 27.6 Å². The zero-order valence-electron chi connectivity index (χ0n) is 14.8. The number of hydrogen-bond donors (Lipinski definition) is 0. The standard InChI is InChI=1S/C19H24N4O2/c1-19-11-6-5-9-16(19)23(15-8-4-3-7-14(15)19)17(24)10-12-22-18(25)21(2)13-20-22/h3-4,7-8,13,16H,5-6,9-12H2,1-2H3/t16-,19-/m0/s1. The fraction of sp³-hybridized carbons (Fsp3) is 0.526. The van der Waals surface area contributed by atoms with Gasteiger partial charge in [-0.15, -0.1) is 0 Å². The molecule has 2 aliphatic rings. The Kier molecular flexibility index (Phi) is 3.78. The van der Waals surface area contributed by atoms with Crippen LogP contribution >= 0.6 is 0 Å². The van der Waals surface area contributed by atoms with E-state index in [0.717, 1.165) is 24.9 Å². The fourth-order valence-electron chi connectivity index (χ4n) is 4.58. The summed E-state index contributed by atoms with van der Waals surface area (Å²) in [4.78, 5) is 27.0. The van der Waals surface area contributed by atoms with Crippen molar-refractivity contribution in [3.8, 4) is 0 Å². The van der Waals surface area contributed by atoms with Gasteiger partial charge in [0.15, 0.2) is 0 Å². The van der Waals surface area contributed by atoms with Gasteiger partial charge in [0.05, 0.1) is 6.54 Å². The van der Waals surface area contributed by atoms with E-state index in [-0.39, 0.29) is 29.5 Å². The maximum Gasteiger partial charge on any atom is 0.345 e. The molecule has 0 spiro atoms. The van der Waals surface area contributed by atoms with Gasteiger partial charge in [-0.05, 0) is 24.5 Å². The summed E-state index contributed by atoms with van der Waals surface area (Å²) in [5.74, 6) is 0.0839. The molecule has 4 rings (SSSR count). The molecule has 2 heterocycles. The van der Waals surface area contributed by atoms with Gasteiger partial charge in [0, 0.05) is 30.6 Å². The van der Waals surface area contributed by atoms with E-state index in [2.05, 4.69) is 30.2 Å². The Morgan fingerprint density at radius 1 is 1.32 bits per heavy atom. The summed E-state index contributed by atoms with van der Waals surface area (Å²) < 4.78 is 2.79. The largest absolute Gasteiger partial charge is 0.345 e. The molecule has 132 valence electrons. The van der Waals surface area contributed by atoms with Crippen LogP contribution in [-0.4, -0.2) is 26.3 Å². The molecule has 25 heavy (non-hydrogen) atoms.